The van der Waals surface area contributed by atoms with Gasteiger partial charge in [-0.25, -0.2) is 0 Å². The molecule has 7 heavy (non-hydrogen) atoms. The van der Waals surface area contributed by atoms with Crippen molar-refractivity contribution in [1.82, 2.24) is 0 Å². The van der Waals surface area contributed by atoms with Crippen LogP contribution in [0, 0.1) is 0 Å². The van der Waals surface area contributed by atoms with Gasteiger partial charge in [0.2, 0.25) is 0 Å². The first-order chi connectivity index (χ1) is 1.73. The molecule has 0 aliphatic rings. The molecule has 0 saturated carbocycles. The fourth-order valence-corrected chi connectivity index (χ4v) is 0. The zero-order valence-electron chi connectivity index (χ0n) is 2.30. The van der Waals surface area contributed by atoms with Gasteiger partial charge in [-0.05, 0) is 0 Å². The summed E-state index contributed by atoms with van der Waals surface area (Å²) in [4.78, 5) is 14.3. The molecular formula is H8AlKO4Si. The van der Waals surface area contributed by atoms with Gasteiger partial charge in [0.1, 0.15) is 0 Å². The Labute approximate surface area is 95.7 Å². The molecule has 0 aliphatic carbocycles. The maximum absolute atomic E-state index is 8.74. The van der Waals surface area contributed by atoms with Crippen molar-refractivity contribution in [1.29, 1.82) is 0 Å². The van der Waals surface area contributed by atoms with Crippen molar-refractivity contribution in [3.05, 3.63) is 0 Å². The van der Waals surface area contributed by atoms with Gasteiger partial charge in [0, 0.05) is 0 Å². The zero-order chi connectivity index (χ0) is 3.58. The molecule has 0 rings (SSSR count). The molecule has 4 N–H and O–H groups in total. The summed E-state index contributed by atoms with van der Waals surface area (Å²) >= 11 is 0. The third-order valence-electron chi connectivity index (χ3n) is 0. The molecule has 0 aromatic heterocycles. The van der Waals surface area contributed by atoms with Crippen LogP contribution in [-0.4, -0.2) is 93.0 Å². The molecule has 0 radical (unpaired) electrons. The van der Waals surface area contributed by atoms with E-state index < -0.39 is 9.17 Å². The number of hydrogen-bond donors (Lipinski definition) is 2. The summed E-state index contributed by atoms with van der Waals surface area (Å²) in [5, 5.41) is 0. The molecule has 0 unspecified atom stereocenters. The Morgan fingerprint density at radius 3 is 1.29 bits per heavy atom. The minimum atomic E-state index is -3.13. The van der Waals surface area contributed by atoms with Gasteiger partial charge in [-0.2, -0.15) is 0 Å². The van der Waals surface area contributed by atoms with Crippen LogP contribution < -0.4 is 0 Å². The Hall–Kier alpha value is 1.75. The second-order valence-electron chi connectivity index (χ2n) is 0.283. The second-order valence-corrected chi connectivity index (χ2v) is 0.848. The van der Waals surface area contributed by atoms with E-state index in [0.717, 1.165) is 0 Å². The standard InChI is InChI=1S/Al.K.H2O3Si.H2O.4H/c;;1-4(2)3;;;;;/h;;1-2H;1H2;;;;. The van der Waals surface area contributed by atoms with E-state index in [2.05, 4.69) is 0 Å². The molecule has 0 spiro atoms. The van der Waals surface area contributed by atoms with E-state index in [4.69, 9.17) is 14.1 Å². The van der Waals surface area contributed by atoms with Gasteiger partial charge in [-0.3, -0.25) is 4.46 Å². The fourth-order valence-electron chi connectivity index (χ4n) is 0. The Morgan fingerprint density at radius 2 is 1.29 bits per heavy atom. The van der Waals surface area contributed by atoms with E-state index in [0.29, 0.717) is 0 Å². The average Bonchev–Trinajstić information content (AvgIpc) is 0.811. The molecule has 0 bridgehead atoms. The summed E-state index contributed by atoms with van der Waals surface area (Å²) in [6, 6.07) is 0. The van der Waals surface area contributed by atoms with E-state index >= 15 is 0 Å². The molecule has 4 nitrogen and oxygen atoms in total. The van der Waals surface area contributed by atoms with Crippen LogP contribution in [-0.2, 0) is 4.46 Å². The van der Waals surface area contributed by atoms with Gasteiger partial charge >= 0.3 is 60.6 Å². The molecule has 0 fully saturated rings. The van der Waals surface area contributed by atoms with Crippen molar-refractivity contribution in [3.63, 3.8) is 0 Å². The second kappa shape index (κ2) is 15.6. The number of hydrogen-bond acceptors (Lipinski definition) is 1. The topological polar surface area (TPSA) is 89.0 Å². The molecule has 40 valence electrons. The molecule has 0 heterocycles. The molecule has 0 aromatic rings. The molecule has 0 atom stereocenters. The van der Waals surface area contributed by atoms with Gasteiger partial charge in [-0.1, -0.05) is 0 Å². The minimum absolute atomic E-state index is 0. The Bertz CT molecular complexity index is 34.7. The van der Waals surface area contributed by atoms with E-state index in [1.807, 2.05) is 0 Å². The molecule has 0 aromatic carbocycles. The van der Waals surface area contributed by atoms with Gasteiger partial charge in [-0.15, -0.1) is 0 Å². The Morgan fingerprint density at radius 1 is 1.29 bits per heavy atom. The van der Waals surface area contributed by atoms with E-state index in [-0.39, 0.29) is 74.2 Å². The van der Waals surface area contributed by atoms with Crippen LogP contribution in [0.5, 0.6) is 0 Å². The predicted molar refractivity (Wildman–Crippen MR) is 31.6 cm³/mol. The summed E-state index contributed by atoms with van der Waals surface area (Å²) in [7, 11) is -3.13. The van der Waals surface area contributed by atoms with Crippen molar-refractivity contribution >= 4 is 77.9 Å². The number of rotatable bonds is 0. The van der Waals surface area contributed by atoms with Crippen molar-refractivity contribution in [3.8, 4) is 0 Å². The van der Waals surface area contributed by atoms with Gasteiger partial charge in [0.15, 0.2) is 17.4 Å². The Balaban J connectivity index is -0.0000000150. The molecule has 7 heteroatoms. The molecule has 0 amide bonds. The first-order valence-corrected chi connectivity index (χ1v) is 1.95. The van der Waals surface area contributed by atoms with Gasteiger partial charge in [0.05, 0.1) is 0 Å². The van der Waals surface area contributed by atoms with Crippen molar-refractivity contribution in [2.24, 2.45) is 0 Å². The average molecular weight is 166 g/mol. The van der Waals surface area contributed by atoms with Crippen LogP contribution in [0.15, 0.2) is 0 Å². The van der Waals surface area contributed by atoms with Crippen LogP contribution in [0.3, 0.4) is 0 Å². The third-order valence-corrected chi connectivity index (χ3v) is 0. The first-order valence-electron chi connectivity index (χ1n) is 0.651. The summed E-state index contributed by atoms with van der Waals surface area (Å²) < 4.78 is 8.74. The van der Waals surface area contributed by atoms with Crippen molar-refractivity contribution in [2.45, 2.75) is 0 Å². The molecule has 0 aliphatic heterocycles. The predicted octanol–water partition coefficient (Wildman–Crippen LogP) is -4.27. The summed E-state index contributed by atoms with van der Waals surface area (Å²) in [6.07, 6.45) is 0. The van der Waals surface area contributed by atoms with Crippen molar-refractivity contribution < 1.29 is 19.5 Å². The molecule has 0 saturated heterocycles. The maximum atomic E-state index is 8.74. The molecular weight excluding hydrogens is 158 g/mol. The van der Waals surface area contributed by atoms with E-state index in [9.17, 15) is 0 Å². The summed E-state index contributed by atoms with van der Waals surface area (Å²) in [5.41, 5.74) is 0. The van der Waals surface area contributed by atoms with Gasteiger partial charge < -0.3 is 15.1 Å². The third kappa shape index (κ3) is 83.9. The van der Waals surface area contributed by atoms with Crippen LogP contribution >= 0.6 is 0 Å². The van der Waals surface area contributed by atoms with E-state index in [1.165, 1.54) is 0 Å². The normalized spacial score (nSPS) is 3.43. The first kappa shape index (κ1) is 23.3. The summed E-state index contributed by atoms with van der Waals surface area (Å²) in [6.45, 7) is 0. The fraction of sp³-hybridized carbons (Fsp3) is 0. The Kier molecular flexibility index (Phi) is 52.1. The SMILES string of the molecule is O.O=[Si](O)O.[AlH3].[KH]. The van der Waals surface area contributed by atoms with Crippen LogP contribution in [0.2, 0.25) is 0 Å². The van der Waals surface area contributed by atoms with Gasteiger partial charge in [0.25, 0.3) is 0 Å². The van der Waals surface area contributed by atoms with Crippen molar-refractivity contribution in [2.75, 3.05) is 0 Å². The zero-order valence-corrected chi connectivity index (χ0v) is 3.30. The monoisotopic (exact) mass is 166 g/mol. The van der Waals surface area contributed by atoms with Crippen LogP contribution in [0.25, 0.3) is 0 Å². The summed E-state index contributed by atoms with van der Waals surface area (Å²) in [5.74, 6) is 0. The quantitative estimate of drug-likeness (QED) is 0.357. The van der Waals surface area contributed by atoms with Crippen LogP contribution in [0.1, 0.15) is 0 Å². The van der Waals surface area contributed by atoms with E-state index in [1.54, 1.807) is 0 Å². The van der Waals surface area contributed by atoms with Crippen LogP contribution in [0.4, 0.5) is 0 Å².